The predicted octanol–water partition coefficient (Wildman–Crippen LogP) is 6.64. The summed E-state index contributed by atoms with van der Waals surface area (Å²) in [6, 6.07) is 20.6. The summed E-state index contributed by atoms with van der Waals surface area (Å²) >= 11 is 10.3. The third-order valence-electron chi connectivity index (χ3n) is 5.33. The van der Waals surface area contributed by atoms with Gasteiger partial charge in [0.05, 0.1) is 11.4 Å². The van der Waals surface area contributed by atoms with Crippen LogP contribution in [-0.2, 0) is 0 Å². The minimum absolute atomic E-state index is 0.257. The molecule has 2 aromatic carbocycles. The summed E-state index contributed by atoms with van der Waals surface area (Å²) in [5.41, 5.74) is 6.11. The summed E-state index contributed by atoms with van der Waals surface area (Å²) < 4.78 is 2.01. The van der Waals surface area contributed by atoms with Crippen molar-refractivity contribution >= 4 is 52.8 Å². The van der Waals surface area contributed by atoms with E-state index in [9.17, 15) is 4.79 Å². The lowest BCUT2D eigenvalue weighted by molar-refractivity contribution is 0.102. The second-order valence-corrected chi connectivity index (χ2v) is 8.75. The second-order valence-electron chi connectivity index (χ2n) is 7.80. The topological polar surface area (TPSA) is 71.3 Å². The monoisotopic (exact) mass is 485 g/mol. The number of thiol groups is 1. The number of carbonyl (C=O) groups excluding carboxylic acids is 1. The van der Waals surface area contributed by atoms with Gasteiger partial charge in [-0.15, -0.1) is 12.6 Å². The number of pyridine rings is 2. The van der Waals surface area contributed by atoms with Gasteiger partial charge in [0.25, 0.3) is 5.91 Å². The largest absolute Gasteiger partial charge is 0.354 e. The molecule has 0 atom stereocenters. The first kappa shape index (κ1) is 22.0. The Bertz CT molecular complexity index is 1500. The molecule has 0 unspecified atom stereocenters. The Morgan fingerprint density at radius 3 is 2.50 bits per heavy atom. The molecule has 0 radical (unpaired) electrons. The van der Waals surface area contributed by atoms with E-state index in [1.54, 1.807) is 24.4 Å². The molecule has 1 amide bonds. The smallest absolute Gasteiger partial charge is 0.276 e. The molecular weight excluding hydrogens is 466 g/mol. The molecule has 0 spiro atoms. The van der Waals surface area contributed by atoms with Gasteiger partial charge in [-0.05, 0) is 61.0 Å². The van der Waals surface area contributed by atoms with Crippen molar-refractivity contribution in [2.24, 2.45) is 0 Å². The van der Waals surface area contributed by atoms with Crippen LogP contribution < -0.4 is 10.6 Å². The van der Waals surface area contributed by atoms with E-state index in [2.05, 4.69) is 28.2 Å². The van der Waals surface area contributed by atoms with Gasteiger partial charge in [-0.25, -0.2) is 9.97 Å². The van der Waals surface area contributed by atoms with Gasteiger partial charge in [-0.1, -0.05) is 29.8 Å². The first-order valence-corrected chi connectivity index (χ1v) is 11.4. The van der Waals surface area contributed by atoms with Crippen LogP contribution in [0.5, 0.6) is 0 Å². The lowest BCUT2D eigenvalue weighted by Crippen LogP contribution is -2.15. The summed E-state index contributed by atoms with van der Waals surface area (Å²) in [7, 11) is 0. The van der Waals surface area contributed by atoms with Crippen molar-refractivity contribution < 1.29 is 4.79 Å². The number of hydrogen-bond donors (Lipinski definition) is 3. The fourth-order valence-corrected chi connectivity index (χ4v) is 3.94. The van der Waals surface area contributed by atoms with Crippen molar-refractivity contribution in [1.29, 1.82) is 0 Å². The Kier molecular flexibility index (Phi) is 5.96. The molecule has 6 nitrogen and oxygen atoms in total. The predicted molar refractivity (Wildman–Crippen MR) is 140 cm³/mol. The average Bonchev–Trinajstić information content (AvgIpc) is 3.27. The van der Waals surface area contributed by atoms with E-state index >= 15 is 0 Å². The number of nitrogens with one attached hydrogen (secondary N) is 2. The number of halogens is 1. The summed E-state index contributed by atoms with van der Waals surface area (Å²) in [5.74, 6) is -0.332. The van der Waals surface area contributed by atoms with Crippen molar-refractivity contribution in [2.75, 3.05) is 10.6 Å². The fraction of sp³-hybridized carbons (Fsp3) is 0.0385. The Balaban J connectivity index is 1.36. The molecule has 0 saturated carbocycles. The SMILES string of the molecule is Cc1cccn2cc(-c3ccc(NC(=O)c4ncc(S)cc4Nc4ccc(Cl)cc4)cc3)nc12. The number of benzene rings is 2. The van der Waals surface area contributed by atoms with Crippen LogP contribution in [0.4, 0.5) is 17.1 Å². The minimum Gasteiger partial charge on any atom is -0.354 e. The van der Waals surface area contributed by atoms with Crippen molar-refractivity contribution in [1.82, 2.24) is 14.4 Å². The molecule has 3 heterocycles. The number of fused-ring (bicyclic) bond motifs is 1. The van der Waals surface area contributed by atoms with E-state index in [0.717, 1.165) is 28.2 Å². The molecule has 5 aromatic rings. The molecule has 34 heavy (non-hydrogen) atoms. The summed E-state index contributed by atoms with van der Waals surface area (Å²) in [6.45, 7) is 2.04. The molecule has 0 aliphatic rings. The minimum atomic E-state index is -0.332. The van der Waals surface area contributed by atoms with Gasteiger partial charge in [-0.2, -0.15) is 0 Å². The maximum atomic E-state index is 13.0. The van der Waals surface area contributed by atoms with Crippen LogP contribution >= 0.6 is 24.2 Å². The van der Waals surface area contributed by atoms with Gasteiger partial charge < -0.3 is 15.0 Å². The molecule has 0 fully saturated rings. The van der Waals surface area contributed by atoms with E-state index in [0.29, 0.717) is 21.3 Å². The molecule has 168 valence electrons. The summed E-state index contributed by atoms with van der Waals surface area (Å²) in [5, 5.41) is 6.76. The zero-order valence-corrected chi connectivity index (χ0v) is 19.8. The molecule has 3 aromatic heterocycles. The van der Waals surface area contributed by atoms with E-state index < -0.39 is 0 Å². The van der Waals surface area contributed by atoms with Crippen molar-refractivity contribution in [3.63, 3.8) is 0 Å². The zero-order chi connectivity index (χ0) is 23.7. The lowest BCUT2D eigenvalue weighted by Gasteiger charge is -2.12. The van der Waals surface area contributed by atoms with E-state index in [1.807, 2.05) is 72.2 Å². The lowest BCUT2D eigenvalue weighted by atomic mass is 10.1. The Hall–Kier alpha value is -3.81. The molecule has 5 rings (SSSR count). The second kappa shape index (κ2) is 9.21. The first-order valence-electron chi connectivity index (χ1n) is 10.5. The van der Waals surface area contributed by atoms with Crippen LogP contribution in [0, 0.1) is 6.92 Å². The first-order chi connectivity index (χ1) is 16.5. The molecule has 0 saturated heterocycles. The van der Waals surface area contributed by atoms with Gasteiger partial charge in [-0.3, -0.25) is 4.79 Å². The van der Waals surface area contributed by atoms with E-state index in [4.69, 9.17) is 16.6 Å². The highest BCUT2D eigenvalue weighted by molar-refractivity contribution is 7.80. The van der Waals surface area contributed by atoms with Crippen LogP contribution in [0.25, 0.3) is 16.9 Å². The number of carbonyl (C=O) groups is 1. The Morgan fingerprint density at radius 2 is 1.76 bits per heavy atom. The highest BCUT2D eigenvalue weighted by Gasteiger charge is 2.15. The number of nitrogens with zero attached hydrogens (tertiary/aromatic N) is 3. The number of imidazole rings is 1. The number of aryl methyl sites for hydroxylation is 1. The quantitative estimate of drug-likeness (QED) is 0.244. The zero-order valence-electron chi connectivity index (χ0n) is 18.2. The molecule has 0 aliphatic heterocycles. The summed E-state index contributed by atoms with van der Waals surface area (Å²) in [6.07, 6.45) is 5.51. The maximum absolute atomic E-state index is 13.0. The fourth-order valence-electron chi connectivity index (χ4n) is 3.63. The number of aromatic nitrogens is 3. The van der Waals surface area contributed by atoms with Crippen LogP contribution in [0.15, 0.2) is 90.2 Å². The molecular formula is C26H20ClN5OS. The van der Waals surface area contributed by atoms with Crippen molar-refractivity contribution in [3.05, 3.63) is 102 Å². The van der Waals surface area contributed by atoms with Gasteiger partial charge in [0.2, 0.25) is 0 Å². The number of rotatable bonds is 5. The molecule has 2 N–H and O–H groups in total. The molecule has 8 heteroatoms. The number of hydrogen-bond acceptors (Lipinski definition) is 5. The van der Waals surface area contributed by atoms with Crippen molar-refractivity contribution in [3.8, 4) is 11.3 Å². The van der Waals surface area contributed by atoms with Gasteiger partial charge >= 0.3 is 0 Å². The van der Waals surface area contributed by atoms with Crippen LogP contribution in [0.2, 0.25) is 5.02 Å². The standard InChI is InChI=1S/C26H20ClN5OS/c1-16-3-2-12-32-15-23(31-25(16)32)17-4-8-20(9-5-17)30-26(33)24-22(13-21(34)14-28-24)29-19-10-6-18(27)7-11-19/h2-15,29,34H,1H3,(H,30,33). The van der Waals surface area contributed by atoms with Gasteiger partial charge in [0.15, 0.2) is 5.69 Å². The maximum Gasteiger partial charge on any atom is 0.276 e. The van der Waals surface area contributed by atoms with Crippen LogP contribution in [-0.4, -0.2) is 20.3 Å². The Labute approximate surface area is 207 Å². The number of anilines is 3. The highest BCUT2D eigenvalue weighted by atomic mass is 35.5. The molecule has 0 aliphatic carbocycles. The third-order valence-corrected chi connectivity index (χ3v) is 5.82. The van der Waals surface area contributed by atoms with Crippen LogP contribution in [0.3, 0.4) is 0 Å². The Morgan fingerprint density at radius 1 is 1.03 bits per heavy atom. The molecule has 0 bridgehead atoms. The van der Waals surface area contributed by atoms with E-state index in [1.165, 1.54) is 0 Å². The average molecular weight is 486 g/mol. The third kappa shape index (κ3) is 4.62. The normalized spacial score (nSPS) is 10.9. The summed E-state index contributed by atoms with van der Waals surface area (Å²) in [4.78, 5) is 22.7. The van der Waals surface area contributed by atoms with E-state index in [-0.39, 0.29) is 11.6 Å². The number of amides is 1. The van der Waals surface area contributed by atoms with Gasteiger partial charge in [0, 0.05) is 45.4 Å². The highest BCUT2D eigenvalue weighted by Crippen LogP contribution is 2.26. The van der Waals surface area contributed by atoms with Crippen molar-refractivity contribution in [2.45, 2.75) is 11.8 Å². The van der Waals surface area contributed by atoms with Crippen LogP contribution in [0.1, 0.15) is 16.1 Å². The van der Waals surface area contributed by atoms with Gasteiger partial charge in [0.1, 0.15) is 5.65 Å².